The Morgan fingerprint density at radius 2 is 1.92 bits per heavy atom. The first-order chi connectivity index (χ1) is 12.3. The van der Waals surface area contributed by atoms with Crippen molar-refractivity contribution in [1.82, 2.24) is 15.5 Å². The zero-order valence-electron chi connectivity index (χ0n) is 15.2. The molecule has 1 aromatic rings. The second kappa shape index (κ2) is 9.21. The van der Waals surface area contributed by atoms with Gasteiger partial charge in [0.2, 0.25) is 0 Å². The van der Waals surface area contributed by atoms with Crippen molar-refractivity contribution in [3.8, 4) is 0 Å². The molecule has 1 heterocycles. The molecule has 1 saturated heterocycles. The van der Waals surface area contributed by atoms with Crippen LogP contribution < -0.4 is 10.6 Å². The van der Waals surface area contributed by atoms with Crippen LogP contribution in [0.25, 0.3) is 0 Å². The molecule has 4 nitrogen and oxygen atoms in total. The molecule has 26 heavy (non-hydrogen) atoms. The van der Waals surface area contributed by atoms with Gasteiger partial charge >= 0.3 is 6.18 Å². The van der Waals surface area contributed by atoms with Gasteiger partial charge in [-0.05, 0) is 49.5 Å². The molecule has 0 bridgehead atoms. The lowest BCUT2D eigenvalue weighted by atomic mass is 10.1. The lowest BCUT2D eigenvalue weighted by molar-refractivity contribution is -0.138. The third-order valence-corrected chi connectivity index (χ3v) is 4.43. The molecule has 1 aliphatic heterocycles. The average molecular weight is 374 g/mol. The highest BCUT2D eigenvalue weighted by molar-refractivity contribution is 5.79. The van der Waals surface area contributed by atoms with Crippen LogP contribution in [0.3, 0.4) is 0 Å². The van der Waals surface area contributed by atoms with Crippen LogP contribution in [0.4, 0.5) is 17.6 Å². The molecule has 0 amide bonds. The van der Waals surface area contributed by atoms with E-state index in [-0.39, 0.29) is 12.1 Å². The maximum Gasteiger partial charge on any atom is 0.416 e. The molecule has 0 radical (unpaired) electrons. The lowest BCUT2D eigenvalue weighted by Crippen LogP contribution is -2.41. The number of benzene rings is 1. The maximum absolute atomic E-state index is 13.2. The van der Waals surface area contributed by atoms with Gasteiger partial charge in [0, 0.05) is 26.7 Å². The fraction of sp³-hybridized carbons (Fsp3) is 0.611. The Hall–Kier alpha value is -1.83. The third-order valence-electron chi connectivity index (χ3n) is 4.43. The summed E-state index contributed by atoms with van der Waals surface area (Å²) in [7, 11) is 1.57. The van der Waals surface area contributed by atoms with Gasteiger partial charge in [0.15, 0.2) is 5.96 Å². The van der Waals surface area contributed by atoms with E-state index in [1.165, 1.54) is 12.8 Å². The molecule has 1 aromatic carbocycles. The van der Waals surface area contributed by atoms with Crippen LogP contribution >= 0.6 is 0 Å². The Labute approximate surface area is 151 Å². The Morgan fingerprint density at radius 1 is 1.23 bits per heavy atom. The number of aliphatic imine (C=N–C) groups is 1. The Bertz CT molecular complexity index is 610. The predicted molar refractivity (Wildman–Crippen MR) is 94.4 cm³/mol. The summed E-state index contributed by atoms with van der Waals surface area (Å²) in [5.41, 5.74) is -0.991. The number of guanidine groups is 1. The van der Waals surface area contributed by atoms with Crippen molar-refractivity contribution in [2.75, 3.05) is 33.2 Å². The number of likely N-dealkylation sites (tertiary alicyclic amines) is 1. The number of rotatable bonds is 6. The van der Waals surface area contributed by atoms with Gasteiger partial charge in [-0.15, -0.1) is 0 Å². The van der Waals surface area contributed by atoms with Crippen LogP contribution in [-0.2, 0) is 12.7 Å². The molecule has 1 unspecified atom stereocenters. The van der Waals surface area contributed by atoms with Gasteiger partial charge in [-0.2, -0.15) is 13.2 Å². The summed E-state index contributed by atoms with van der Waals surface area (Å²) in [6, 6.07) is 2.69. The molecular formula is C18H26F4N4. The molecule has 1 aliphatic rings. The molecular weight excluding hydrogens is 348 g/mol. The molecule has 0 saturated carbocycles. The average Bonchev–Trinajstić information content (AvgIpc) is 3.08. The van der Waals surface area contributed by atoms with E-state index in [0.717, 1.165) is 31.8 Å². The van der Waals surface area contributed by atoms with E-state index in [2.05, 4.69) is 27.4 Å². The number of hydrogen-bond acceptors (Lipinski definition) is 2. The van der Waals surface area contributed by atoms with Crippen LogP contribution in [-0.4, -0.2) is 44.1 Å². The highest BCUT2D eigenvalue weighted by Gasteiger charge is 2.33. The van der Waals surface area contributed by atoms with Crippen molar-refractivity contribution in [3.05, 3.63) is 35.1 Å². The molecule has 1 atom stereocenters. The molecule has 2 rings (SSSR count). The van der Waals surface area contributed by atoms with Gasteiger partial charge < -0.3 is 15.5 Å². The zero-order valence-corrected chi connectivity index (χ0v) is 15.2. The summed E-state index contributed by atoms with van der Waals surface area (Å²) in [4.78, 5) is 6.46. The standard InChI is InChI=1S/C18H26F4N4/c1-13(12-26-7-3-4-8-26)10-24-17(23-2)25-11-14-5-6-15(19)9-16(14)18(20,21)22/h5-6,9,13H,3-4,7-8,10-12H2,1-2H3,(H2,23,24,25). The lowest BCUT2D eigenvalue weighted by Gasteiger charge is -2.22. The topological polar surface area (TPSA) is 39.7 Å². The monoisotopic (exact) mass is 374 g/mol. The Balaban J connectivity index is 1.87. The summed E-state index contributed by atoms with van der Waals surface area (Å²) in [6.07, 6.45) is -2.12. The van der Waals surface area contributed by atoms with E-state index in [0.29, 0.717) is 24.5 Å². The summed E-state index contributed by atoms with van der Waals surface area (Å²) in [5, 5.41) is 6.01. The summed E-state index contributed by atoms with van der Waals surface area (Å²) < 4.78 is 52.3. The van der Waals surface area contributed by atoms with Crippen LogP contribution in [0, 0.1) is 11.7 Å². The number of nitrogens with zero attached hydrogens (tertiary/aromatic N) is 2. The van der Waals surface area contributed by atoms with E-state index in [9.17, 15) is 17.6 Å². The number of hydrogen-bond donors (Lipinski definition) is 2. The first-order valence-electron chi connectivity index (χ1n) is 8.82. The van der Waals surface area contributed by atoms with Crippen molar-refractivity contribution in [2.24, 2.45) is 10.9 Å². The minimum Gasteiger partial charge on any atom is -0.356 e. The van der Waals surface area contributed by atoms with E-state index in [4.69, 9.17) is 0 Å². The largest absolute Gasteiger partial charge is 0.416 e. The second-order valence-corrected chi connectivity index (χ2v) is 6.72. The molecule has 0 spiro atoms. The fourth-order valence-electron chi connectivity index (χ4n) is 3.11. The highest BCUT2D eigenvalue weighted by Crippen LogP contribution is 2.32. The minimum atomic E-state index is -4.60. The van der Waals surface area contributed by atoms with Crippen LogP contribution in [0.1, 0.15) is 30.9 Å². The third kappa shape index (κ3) is 6.16. The SMILES string of the molecule is CN=C(NCc1ccc(F)cc1C(F)(F)F)NCC(C)CN1CCCC1. The first kappa shape index (κ1) is 20.5. The first-order valence-corrected chi connectivity index (χ1v) is 8.82. The van der Waals surface area contributed by atoms with E-state index in [1.807, 2.05) is 0 Å². The smallest absolute Gasteiger partial charge is 0.356 e. The maximum atomic E-state index is 13.2. The van der Waals surface area contributed by atoms with Crippen molar-refractivity contribution >= 4 is 5.96 Å². The molecule has 0 aliphatic carbocycles. The van der Waals surface area contributed by atoms with Gasteiger partial charge in [0.1, 0.15) is 5.82 Å². The van der Waals surface area contributed by atoms with Crippen molar-refractivity contribution in [1.29, 1.82) is 0 Å². The van der Waals surface area contributed by atoms with Gasteiger partial charge in [0.25, 0.3) is 0 Å². The molecule has 2 N–H and O–H groups in total. The van der Waals surface area contributed by atoms with Crippen LogP contribution in [0.2, 0.25) is 0 Å². The Morgan fingerprint density at radius 3 is 2.54 bits per heavy atom. The summed E-state index contributed by atoms with van der Waals surface area (Å²) >= 11 is 0. The zero-order chi connectivity index (χ0) is 19.2. The van der Waals surface area contributed by atoms with Gasteiger partial charge in [0.05, 0.1) is 5.56 Å². The van der Waals surface area contributed by atoms with Crippen molar-refractivity contribution in [2.45, 2.75) is 32.5 Å². The molecule has 1 fully saturated rings. The van der Waals surface area contributed by atoms with E-state index in [1.54, 1.807) is 7.05 Å². The van der Waals surface area contributed by atoms with E-state index >= 15 is 0 Å². The van der Waals surface area contributed by atoms with Crippen molar-refractivity contribution < 1.29 is 17.6 Å². The van der Waals surface area contributed by atoms with Gasteiger partial charge in [-0.1, -0.05) is 13.0 Å². The Kier molecular flexibility index (Phi) is 7.25. The van der Waals surface area contributed by atoms with Gasteiger partial charge in [-0.3, -0.25) is 4.99 Å². The number of nitrogens with one attached hydrogen (secondary N) is 2. The number of alkyl halides is 3. The fourth-order valence-corrected chi connectivity index (χ4v) is 3.11. The van der Waals surface area contributed by atoms with Crippen LogP contribution in [0.15, 0.2) is 23.2 Å². The highest BCUT2D eigenvalue weighted by atomic mass is 19.4. The summed E-state index contributed by atoms with van der Waals surface area (Å²) in [5.74, 6) is -0.0850. The predicted octanol–water partition coefficient (Wildman–Crippen LogP) is 3.24. The van der Waals surface area contributed by atoms with E-state index < -0.39 is 17.6 Å². The van der Waals surface area contributed by atoms with Crippen molar-refractivity contribution in [3.63, 3.8) is 0 Å². The summed E-state index contributed by atoms with van der Waals surface area (Å²) in [6.45, 7) is 5.95. The normalized spacial score (nSPS) is 17.4. The van der Waals surface area contributed by atoms with Crippen LogP contribution in [0.5, 0.6) is 0 Å². The molecule has 0 aromatic heterocycles. The second-order valence-electron chi connectivity index (χ2n) is 6.72. The quantitative estimate of drug-likeness (QED) is 0.456. The molecule has 146 valence electrons. The minimum absolute atomic E-state index is 0.0213. The number of halogens is 4. The molecule has 8 heteroatoms. The van der Waals surface area contributed by atoms with Gasteiger partial charge in [-0.25, -0.2) is 4.39 Å².